The minimum absolute atomic E-state index is 0.0433. The smallest absolute Gasteiger partial charge is 0.385 e. The SMILES string of the molecule is NS(=O)(=O)N(CC(=O)OC(=O)C(F)(F)F)c1ccc(C[C@H](NS(=O)(=O)c2ccc(C(F)(F)F)cc2)c2nc3cc(C(F)(F)F)ccc3[nH]2)cc1. The number of alkyl halides is 9. The van der Waals surface area contributed by atoms with Gasteiger partial charge in [-0.05, 0) is 66.6 Å². The molecule has 4 rings (SSSR count). The van der Waals surface area contributed by atoms with Gasteiger partial charge in [0.05, 0.1) is 38.8 Å². The first kappa shape index (κ1) is 38.1. The number of sulfonamides is 1. The number of nitrogens with zero attached hydrogens (tertiary/aromatic N) is 2. The summed E-state index contributed by atoms with van der Waals surface area (Å²) < 4.78 is 173. The van der Waals surface area contributed by atoms with Crippen LogP contribution in [-0.2, 0) is 53.3 Å². The van der Waals surface area contributed by atoms with Crippen LogP contribution in [0.25, 0.3) is 11.0 Å². The van der Waals surface area contributed by atoms with Crippen molar-refractivity contribution in [3.05, 3.63) is 89.2 Å². The first-order valence-corrected chi connectivity index (χ1v) is 16.3. The topological polar surface area (TPSA) is 182 Å². The molecule has 0 aliphatic carbocycles. The Kier molecular flexibility index (Phi) is 10.3. The molecule has 23 heteroatoms. The molecule has 1 aromatic heterocycles. The largest absolute Gasteiger partial charge is 0.491 e. The number of anilines is 1. The number of benzene rings is 3. The van der Waals surface area contributed by atoms with Crippen LogP contribution in [-0.4, -0.2) is 51.5 Å². The Labute approximate surface area is 275 Å². The monoisotopic (exact) mass is 761 g/mol. The fraction of sp³-hybridized carbons (Fsp3) is 0.222. The number of halogens is 9. The van der Waals surface area contributed by atoms with Crippen molar-refractivity contribution >= 4 is 48.9 Å². The molecule has 0 aliphatic rings. The van der Waals surface area contributed by atoms with Crippen LogP contribution in [0.15, 0.2) is 71.6 Å². The number of hydrogen-bond acceptors (Lipinski definition) is 8. The number of ether oxygens (including phenoxy) is 1. The van der Waals surface area contributed by atoms with E-state index < -0.39 is 91.4 Å². The summed E-state index contributed by atoms with van der Waals surface area (Å²) in [6, 6.07) is 7.57. The zero-order valence-electron chi connectivity index (χ0n) is 24.4. The minimum Gasteiger partial charge on any atom is -0.385 e. The van der Waals surface area contributed by atoms with Crippen LogP contribution in [0.4, 0.5) is 45.2 Å². The Balaban J connectivity index is 1.67. The second kappa shape index (κ2) is 13.5. The molecule has 0 saturated carbocycles. The van der Waals surface area contributed by atoms with E-state index in [0.29, 0.717) is 30.3 Å². The number of nitrogens with one attached hydrogen (secondary N) is 2. The van der Waals surface area contributed by atoms with Gasteiger partial charge < -0.3 is 9.72 Å². The van der Waals surface area contributed by atoms with Crippen molar-refractivity contribution in [2.45, 2.75) is 35.9 Å². The van der Waals surface area contributed by atoms with Gasteiger partial charge >= 0.3 is 30.5 Å². The molecule has 270 valence electrons. The molecule has 1 heterocycles. The quantitative estimate of drug-likeness (QED) is 0.120. The van der Waals surface area contributed by atoms with Crippen LogP contribution in [0.5, 0.6) is 0 Å². The van der Waals surface area contributed by atoms with Crippen LogP contribution in [0, 0.1) is 0 Å². The lowest BCUT2D eigenvalue weighted by Crippen LogP contribution is -2.42. The van der Waals surface area contributed by atoms with E-state index in [1.165, 1.54) is 0 Å². The molecule has 0 unspecified atom stereocenters. The first-order chi connectivity index (χ1) is 22.8. The van der Waals surface area contributed by atoms with Crippen LogP contribution in [0.3, 0.4) is 0 Å². The maximum Gasteiger partial charge on any atom is 0.491 e. The van der Waals surface area contributed by atoms with Crippen molar-refractivity contribution in [1.29, 1.82) is 0 Å². The van der Waals surface area contributed by atoms with Crippen molar-refractivity contribution in [3.8, 4) is 0 Å². The van der Waals surface area contributed by atoms with Gasteiger partial charge in [-0.25, -0.2) is 37.2 Å². The van der Waals surface area contributed by atoms with E-state index in [-0.39, 0.29) is 26.7 Å². The molecule has 0 spiro atoms. The van der Waals surface area contributed by atoms with Crippen molar-refractivity contribution in [1.82, 2.24) is 14.7 Å². The summed E-state index contributed by atoms with van der Waals surface area (Å²) in [6.07, 6.45) is -15.5. The van der Waals surface area contributed by atoms with Crippen molar-refractivity contribution in [2.75, 3.05) is 10.8 Å². The molecule has 1 atom stereocenters. The molecule has 0 amide bonds. The average Bonchev–Trinajstić information content (AvgIpc) is 3.42. The second-order valence-corrected chi connectivity index (χ2v) is 13.4. The summed E-state index contributed by atoms with van der Waals surface area (Å²) in [6.45, 7) is -1.48. The van der Waals surface area contributed by atoms with E-state index >= 15 is 0 Å². The fourth-order valence-corrected chi connectivity index (χ4v) is 6.21. The third-order valence-corrected chi connectivity index (χ3v) is 9.07. The van der Waals surface area contributed by atoms with Gasteiger partial charge in [0.1, 0.15) is 12.4 Å². The number of H-pyrrole nitrogens is 1. The molecule has 3 aromatic carbocycles. The number of rotatable bonds is 10. The van der Waals surface area contributed by atoms with Crippen LogP contribution >= 0.6 is 0 Å². The molecule has 12 nitrogen and oxygen atoms in total. The number of imidazole rings is 1. The Hall–Kier alpha value is -4.74. The Morgan fingerprint density at radius 3 is 1.92 bits per heavy atom. The molecule has 0 radical (unpaired) electrons. The third-order valence-electron chi connectivity index (χ3n) is 6.63. The Morgan fingerprint density at radius 1 is 0.840 bits per heavy atom. The van der Waals surface area contributed by atoms with Gasteiger partial charge in [-0.1, -0.05) is 12.1 Å². The number of nitrogens with two attached hydrogens (primary N) is 1. The summed E-state index contributed by atoms with van der Waals surface area (Å²) >= 11 is 0. The normalized spacial score (nSPS) is 13.6. The number of carbonyl (C=O) groups is 2. The molecule has 0 bridgehead atoms. The van der Waals surface area contributed by atoms with E-state index in [1.807, 2.05) is 0 Å². The highest BCUT2D eigenvalue weighted by molar-refractivity contribution is 7.90. The van der Waals surface area contributed by atoms with E-state index in [1.54, 1.807) is 0 Å². The zero-order chi connectivity index (χ0) is 37.4. The maximum absolute atomic E-state index is 13.3. The molecule has 50 heavy (non-hydrogen) atoms. The van der Waals surface area contributed by atoms with Crippen LogP contribution in [0.1, 0.15) is 28.6 Å². The van der Waals surface area contributed by atoms with Gasteiger partial charge in [-0.15, -0.1) is 0 Å². The van der Waals surface area contributed by atoms with E-state index in [9.17, 15) is 65.9 Å². The Bertz CT molecular complexity index is 2120. The van der Waals surface area contributed by atoms with Gasteiger partial charge in [0.2, 0.25) is 10.0 Å². The summed E-state index contributed by atoms with van der Waals surface area (Å²) in [4.78, 5) is 28.9. The molecule has 0 saturated heterocycles. The summed E-state index contributed by atoms with van der Waals surface area (Å²) in [5.41, 5.74) is -2.70. The number of aromatic nitrogens is 2. The lowest BCUT2D eigenvalue weighted by molar-refractivity contribution is -0.201. The van der Waals surface area contributed by atoms with E-state index in [4.69, 9.17) is 5.14 Å². The zero-order valence-corrected chi connectivity index (χ0v) is 26.0. The number of hydrogen-bond donors (Lipinski definition) is 3. The first-order valence-electron chi connectivity index (χ1n) is 13.3. The second-order valence-electron chi connectivity index (χ2n) is 10.2. The van der Waals surface area contributed by atoms with Gasteiger partial charge in [-0.3, -0.25) is 0 Å². The van der Waals surface area contributed by atoms with Crippen LogP contribution in [0.2, 0.25) is 0 Å². The lowest BCUT2D eigenvalue weighted by Gasteiger charge is -2.21. The summed E-state index contributed by atoms with van der Waals surface area (Å²) in [5.74, 6) is -5.11. The molecule has 0 fully saturated rings. The van der Waals surface area contributed by atoms with E-state index in [0.717, 1.165) is 36.4 Å². The Morgan fingerprint density at radius 2 is 1.40 bits per heavy atom. The average molecular weight is 762 g/mol. The van der Waals surface area contributed by atoms with E-state index in [2.05, 4.69) is 19.4 Å². The number of esters is 2. The maximum atomic E-state index is 13.3. The molecular formula is C27H20F9N5O7S2. The molecule has 0 aliphatic heterocycles. The number of fused-ring (bicyclic) bond motifs is 1. The molecule has 4 N–H and O–H groups in total. The predicted molar refractivity (Wildman–Crippen MR) is 153 cm³/mol. The highest BCUT2D eigenvalue weighted by Gasteiger charge is 2.43. The fourth-order valence-electron chi connectivity index (χ4n) is 4.31. The standard InChI is InChI=1S/C27H20F9N5O7S2/c28-25(29,30)15-3-8-18(9-4-15)49(44,45)40-21(23-38-19-10-5-16(26(31,32)33)12-20(19)39-23)11-14-1-6-17(7-2-14)41(50(37,46)47)13-22(42)48-24(43)27(34,35)36/h1-10,12,21,40H,11,13H2,(H,38,39)(H2,37,46,47)/t21-/m0/s1. The summed E-state index contributed by atoms with van der Waals surface area (Å²) in [7, 11) is -9.53. The number of aromatic amines is 1. The third kappa shape index (κ3) is 9.28. The van der Waals surface area contributed by atoms with Crippen LogP contribution < -0.4 is 14.2 Å². The predicted octanol–water partition coefficient (Wildman–Crippen LogP) is 4.50. The lowest BCUT2D eigenvalue weighted by atomic mass is 10.1. The van der Waals surface area contributed by atoms with Gasteiger partial charge in [0.25, 0.3) is 10.2 Å². The van der Waals surface area contributed by atoms with Gasteiger partial charge in [-0.2, -0.15) is 47.9 Å². The molecule has 4 aromatic rings. The van der Waals surface area contributed by atoms with Crippen molar-refractivity contribution in [2.24, 2.45) is 5.14 Å². The number of carbonyl (C=O) groups excluding carboxylic acids is 2. The highest BCUT2D eigenvalue weighted by atomic mass is 32.2. The highest BCUT2D eigenvalue weighted by Crippen LogP contribution is 2.33. The summed E-state index contributed by atoms with van der Waals surface area (Å²) in [5, 5.41) is 5.06. The van der Waals surface area contributed by atoms with Crippen molar-refractivity contribution < 1.29 is 70.7 Å². The minimum atomic E-state index is -5.57. The van der Waals surface area contributed by atoms with Gasteiger partial charge in [0.15, 0.2) is 0 Å². The molecular weight excluding hydrogens is 741 g/mol. The van der Waals surface area contributed by atoms with Crippen molar-refractivity contribution in [3.63, 3.8) is 0 Å². The van der Waals surface area contributed by atoms with Gasteiger partial charge in [0, 0.05) is 0 Å².